The fraction of sp³-hybridized carbons (Fsp3) is 0.333. The van der Waals surface area contributed by atoms with Gasteiger partial charge in [-0.25, -0.2) is 9.18 Å². The summed E-state index contributed by atoms with van der Waals surface area (Å²) in [6, 6.07) is 13.2. The molecule has 0 aliphatic rings. The Balaban J connectivity index is 1.83. The standard InChI is InChI=1S/C21H24FNO4/c1-14(27-16-11-9-15(10-12-16)21(2,3)4)20(25)26-13-19(24)23-18-8-6-5-7-17(18)22/h5-12,14H,13H2,1-4H3,(H,23,24)/t14-/m0/s1. The predicted octanol–water partition coefficient (Wildman–Crippen LogP) is 4.07. The number of para-hydroxylation sites is 1. The topological polar surface area (TPSA) is 64.6 Å². The van der Waals surface area contributed by atoms with Crippen molar-refractivity contribution in [1.29, 1.82) is 0 Å². The fourth-order valence-electron chi connectivity index (χ4n) is 2.29. The zero-order chi connectivity index (χ0) is 20.0. The summed E-state index contributed by atoms with van der Waals surface area (Å²) >= 11 is 0. The largest absolute Gasteiger partial charge is 0.479 e. The second-order valence-corrected chi connectivity index (χ2v) is 7.17. The first-order valence-electron chi connectivity index (χ1n) is 8.65. The Labute approximate surface area is 158 Å². The lowest BCUT2D eigenvalue weighted by atomic mass is 9.87. The molecular formula is C21H24FNO4. The minimum Gasteiger partial charge on any atom is -0.479 e. The van der Waals surface area contributed by atoms with E-state index in [9.17, 15) is 14.0 Å². The number of benzene rings is 2. The molecule has 0 aliphatic carbocycles. The van der Waals surface area contributed by atoms with E-state index in [1.54, 1.807) is 18.2 Å². The Hall–Kier alpha value is -2.89. The molecule has 0 saturated carbocycles. The maximum Gasteiger partial charge on any atom is 0.347 e. The zero-order valence-electron chi connectivity index (χ0n) is 15.9. The Bertz CT molecular complexity index is 797. The van der Waals surface area contributed by atoms with Gasteiger partial charge in [-0.05, 0) is 42.2 Å². The quantitative estimate of drug-likeness (QED) is 0.775. The molecule has 0 spiro atoms. The molecular weight excluding hydrogens is 349 g/mol. The number of halogens is 1. The average Bonchev–Trinajstić information content (AvgIpc) is 2.61. The van der Waals surface area contributed by atoms with E-state index >= 15 is 0 Å². The van der Waals surface area contributed by atoms with Crippen LogP contribution in [0.2, 0.25) is 0 Å². The molecule has 1 N–H and O–H groups in total. The SMILES string of the molecule is C[C@H](Oc1ccc(C(C)(C)C)cc1)C(=O)OCC(=O)Nc1ccccc1F. The fourth-order valence-corrected chi connectivity index (χ4v) is 2.29. The molecule has 6 heteroatoms. The smallest absolute Gasteiger partial charge is 0.347 e. The highest BCUT2D eigenvalue weighted by Gasteiger charge is 2.19. The Morgan fingerprint density at radius 1 is 1.07 bits per heavy atom. The van der Waals surface area contributed by atoms with Crippen LogP contribution >= 0.6 is 0 Å². The Kier molecular flexibility index (Phi) is 6.55. The van der Waals surface area contributed by atoms with Crippen molar-refractivity contribution in [3.05, 3.63) is 59.9 Å². The van der Waals surface area contributed by atoms with Crippen LogP contribution in [0, 0.1) is 5.82 Å². The average molecular weight is 373 g/mol. The van der Waals surface area contributed by atoms with Crippen LogP contribution in [0.3, 0.4) is 0 Å². The van der Waals surface area contributed by atoms with Crippen LogP contribution in [-0.2, 0) is 19.7 Å². The van der Waals surface area contributed by atoms with E-state index in [0.29, 0.717) is 5.75 Å². The van der Waals surface area contributed by atoms with E-state index in [1.165, 1.54) is 25.1 Å². The molecule has 2 rings (SSSR count). The van der Waals surface area contributed by atoms with Gasteiger partial charge in [0.05, 0.1) is 5.69 Å². The highest BCUT2D eigenvalue weighted by atomic mass is 19.1. The number of amides is 1. The third-order valence-corrected chi connectivity index (χ3v) is 3.86. The van der Waals surface area contributed by atoms with Crippen LogP contribution in [0.1, 0.15) is 33.3 Å². The molecule has 0 bridgehead atoms. The summed E-state index contributed by atoms with van der Waals surface area (Å²) in [7, 11) is 0. The summed E-state index contributed by atoms with van der Waals surface area (Å²) in [4.78, 5) is 23.8. The Morgan fingerprint density at radius 3 is 2.30 bits per heavy atom. The van der Waals surface area contributed by atoms with Gasteiger partial charge in [-0.1, -0.05) is 45.0 Å². The first kappa shape index (κ1) is 20.4. The molecule has 0 aliphatic heterocycles. The highest BCUT2D eigenvalue weighted by Crippen LogP contribution is 2.24. The van der Waals surface area contributed by atoms with E-state index in [2.05, 4.69) is 26.1 Å². The normalized spacial score (nSPS) is 12.2. The number of rotatable bonds is 6. The molecule has 0 fully saturated rings. The third-order valence-electron chi connectivity index (χ3n) is 3.86. The van der Waals surface area contributed by atoms with Gasteiger partial charge >= 0.3 is 5.97 Å². The lowest BCUT2D eigenvalue weighted by molar-refractivity contribution is -0.153. The van der Waals surface area contributed by atoms with Crippen molar-refractivity contribution in [3.8, 4) is 5.75 Å². The predicted molar refractivity (Wildman–Crippen MR) is 101 cm³/mol. The first-order valence-corrected chi connectivity index (χ1v) is 8.65. The van der Waals surface area contributed by atoms with E-state index in [-0.39, 0.29) is 11.1 Å². The molecule has 144 valence electrons. The summed E-state index contributed by atoms with van der Waals surface area (Å²) < 4.78 is 24.0. The van der Waals surface area contributed by atoms with Gasteiger partial charge in [0.1, 0.15) is 11.6 Å². The molecule has 0 aromatic heterocycles. The van der Waals surface area contributed by atoms with Crippen molar-refractivity contribution in [3.63, 3.8) is 0 Å². The number of carbonyl (C=O) groups is 2. The van der Waals surface area contributed by atoms with Gasteiger partial charge in [0.15, 0.2) is 12.7 Å². The zero-order valence-corrected chi connectivity index (χ0v) is 15.9. The maximum absolute atomic E-state index is 13.5. The molecule has 2 aromatic carbocycles. The molecule has 0 heterocycles. The molecule has 2 aromatic rings. The van der Waals surface area contributed by atoms with Gasteiger partial charge in [0.2, 0.25) is 0 Å². The summed E-state index contributed by atoms with van der Waals surface area (Å²) in [5.41, 5.74) is 1.20. The summed E-state index contributed by atoms with van der Waals surface area (Å²) in [6.45, 7) is 7.33. The van der Waals surface area contributed by atoms with E-state index in [0.717, 1.165) is 5.56 Å². The van der Waals surface area contributed by atoms with Gasteiger partial charge in [0, 0.05) is 0 Å². The third kappa shape index (κ3) is 6.09. The first-order chi connectivity index (χ1) is 12.7. The monoisotopic (exact) mass is 373 g/mol. The Morgan fingerprint density at radius 2 is 1.70 bits per heavy atom. The number of anilines is 1. The molecule has 27 heavy (non-hydrogen) atoms. The number of hydrogen-bond donors (Lipinski definition) is 1. The van der Waals surface area contributed by atoms with E-state index in [4.69, 9.17) is 9.47 Å². The molecule has 0 unspecified atom stereocenters. The number of esters is 1. The van der Waals surface area contributed by atoms with E-state index in [1.807, 2.05) is 12.1 Å². The molecule has 1 amide bonds. The van der Waals surface area contributed by atoms with Crippen LogP contribution in [0.15, 0.2) is 48.5 Å². The number of carbonyl (C=O) groups excluding carboxylic acids is 2. The van der Waals surface area contributed by atoms with Gasteiger partial charge in [0.25, 0.3) is 5.91 Å². The van der Waals surface area contributed by atoms with Crippen molar-refractivity contribution in [2.24, 2.45) is 0 Å². The van der Waals surface area contributed by atoms with Crippen molar-refractivity contribution >= 4 is 17.6 Å². The number of ether oxygens (including phenoxy) is 2. The molecule has 1 atom stereocenters. The van der Waals surface area contributed by atoms with Crippen LogP contribution in [0.5, 0.6) is 5.75 Å². The second kappa shape index (κ2) is 8.66. The maximum atomic E-state index is 13.5. The van der Waals surface area contributed by atoms with E-state index < -0.39 is 30.4 Å². The van der Waals surface area contributed by atoms with Gasteiger partial charge in [-0.2, -0.15) is 0 Å². The van der Waals surface area contributed by atoms with Gasteiger partial charge < -0.3 is 14.8 Å². The minimum atomic E-state index is -0.883. The van der Waals surface area contributed by atoms with Crippen LogP contribution in [0.4, 0.5) is 10.1 Å². The van der Waals surface area contributed by atoms with Crippen LogP contribution in [-0.4, -0.2) is 24.6 Å². The van der Waals surface area contributed by atoms with Gasteiger partial charge in [-0.15, -0.1) is 0 Å². The summed E-state index contributed by atoms with van der Waals surface area (Å²) in [5.74, 6) is -1.34. The minimum absolute atomic E-state index is 0.0225. The lowest BCUT2D eigenvalue weighted by Gasteiger charge is -2.20. The summed E-state index contributed by atoms with van der Waals surface area (Å²) in [6.07, 6.45) is -0.883. The van der Waals surface area contributed by atoms with Gasteiger partial charge in [-0.3, -0.25) is 4.79 Å². The number of hydrogen-bond acceptors (Lipinski definition) is 4. The highest BCUT2D eigenvalue weighted by molar-refractivity contribution is 5.93. The molecule has 5 nitrogen and oxygen atoms in total. The van der Waals surface area contributed by atoms with Crippen molar-refractivity contribution in [2.75, 3.05) is 11.9 Å². The molecule has 0 saturated heterocycles. The van der Waals surface area contributed by atoms with Crippen molar-refractivity contribution < 1.29 is 23.5 Å². The van der Waals surface area contributed by atoms with Crippen LogP contribution in [0.25, 0.3) is 0 Å². The summed E-state index contributed by atoms with van der Waals surface area (Å²) in [5, 5.41) is 2.34. The lowest BCUT2D eigenvalue weighted by Crippen LogP contribution is -2.29. The van der Waals surface area contributed by atoms with Crippen molar-refractivity contribution in [1.82, 2.24) is 0 Å². The second-order valence-electron chi connectivity index (χ2n) is 7.17. The van der Waals surface area contributed by atoms with Crippen LogP contribution < -0.4 is 10.1 Å². The number of nitrogens with one attached hydrogen (secondary N) is 1. The van der Waals surface area contributed by atoms with Crippen molar-refractivity contribution in [2.45, 2.75) is 39.2 Å². The molecule has 0 radical (unpaired) electrons.